The number of methoxy groups -OCH3 is 2. The van der Waals surface area contributed by atoms with E-state index in [1.807, 2.05) is 49.9 Å². The van der Waals surface area contributed by atoms with Gasteiger partial charge in [-0.2, -0.15) is 0 Å². The first-order valence-electron chi connectivity index (χ1n) is 22.0. The molecule has 2 aromatic heterocycles. The Morgan fingerprint density at radius 1 is 0.590 bits per heavy atom. The molecule has 0 radical (unpaired) electrons. The molecule has 4 fully saturated rings. The van der Waals surface area contributed by atoms with Crippen LogP contribution in [0.2, 0.25) is 0 Å². The van der Waals surface area contributed by atoms with Gasteiger partial charge in [0, 0.05) is 13.1 Å². The molecule has 2 aromatic carbocycles. The number of aromatic nitrogens is 4. The fraction of sp³-hybridized carbons (Fsp3) is 0.532. The number of likely N-dealkylation sites (tertiary alicyclic amines) is 2. The fourth-order valence-electron chi connectivity index (χ4n) is 9.65. The Labute approximate surface area is 358 Å². The van der Waals surface area contributed by atoms with E-state index in [-0.39, 0.29) is 35.7 Å². The second-order valence-corrected chi connectivity index (χ2v) is 18.3. The molecule has 8 rings (SSSR count). The van der Waals surface area contributed by atoms with Gasteiger partial charge in [-0.15, -0.1) is 0 Å². The van der Waals surface area contributed by atoms with Gasteiger partial charge in [0.15, 0.2) is 0 Å². The normalized spacial score (nSPS) is 22.6. The third-order valence-corrected chi connectivity index (χ3v) is 13.7. The average Bonchev–Trinajstić information content (AvgIpc) is 3.63. The minimum Gasteiger partial charge on any atom is -0.453 e. The highest BCUT2D eigenvalue weighted by atomic mass is 16.5. The van der Waals surface area contributed by atoms with Crippen LogP contribution in [0.4, 0.5) is 9.59 Å². The highest BCUT2D eigenvalue weighted by molar-refractivity contribution is 5.87. The molecule has 14 nitrogen and oxygen atoms in total. The standard InChI is InChI=1S/C47H60N8O6/c1-26(2)40(52-46(58)60-5)44(56)54-24-34(28-8-7-9-28)20-38(54)42-48-22-36(50-42)32-16-12-29(13-17-32)30-14-18-33(19-15-30)37-23-49-43(51-37)39-21-35(31-10-11-31)25-55(39)45(57)41(27(3)4)53-47(59)61-6/h12-19,22-23,26-28,31,34-35,38-41H,7-11,20-21,24-25H2,1-6H3,(H,48,50)(H,49,51)(H,52,58)(H,53,59)/t34-,35-,38-,39-,40-,41-/m0/s1. The van der Waals surface area contributed by atoms with E-state index in [9.17, 15) is 19.2 Å². The number of nitrogens with zero attached hydrogens (tertiary/aromatic N) is 4. The van der Waals surface area contributed by atoms with E-state index in [0.717, 1.165) is 58.1 Å². The number of alkyl carbamates (subject to hydrolysis) is 2. The molecule has 0 bridgehead atoms. The van der Waals surface area contributed by atoms with Gasteiger partial charge < -0.3 is 39.9 Å². The van der Waals surface area contributed by atoms with Gasteiger partial charge in [-0.1, -0.05) is 95.5 Å². The van der Waals surface area contributed by atoms with Gasteiger partial charge in [-0.25, -0.2) is 19.6 Å². The van der Waals surface area contributed by atoms with Crippen LogP contribution in [-0.4, -0.2) is 93.1 Å². The van der Waals surface area contributed by atoms with Crippen LogP contribution >= 0.6 is 0 Å². The summed E-state index contributed by atoms with van der Waals surface area (Å²) in [6.07, 6.45) is 10.2. The molecule has 4 aliphatic rings. The van der Waals surface area contributed by atoms with Crippen LogP contribution in [0.3, 0.4) is 0 Å². The number of aromatic amines is 2. The Bertz CT molecular complexity index is 2190. The number of hydrogen-bond donors (Lipinski definition) is 4. The third-order valence-electron chi connectivity index (χ3n) is 13.7. The zero-order valence-corrected chi connectivity index (χ0v) is 36.1. The second kappa shape index (κ2) is 17.7. The Hall–Kier alpha value is -5.66. The topological polar surface area (TPSA) is 175 Å². The van der Waals surface area contributed by atoms with E-state index in [4.69, 9.17) is 19.4 Å². The van der Waals surface area contributed by atoms with Crippen LogP contribution < -0.4 is 10.6 Å². The van der Waals surface area contributed by atoms with Crippen LogP contribution in [0.1, 0.15) is 96.4 Å². The Morgan fingerprint density at radius 2 is 0.967 bits per heavy atom. The van der Waals surface area contributed by atoms with Gasteiger partial charge >= 0.3 is 12.2 Å². The SMILES string of the molecule is COC(=O)N[C@H](C(=O)N1C[C@@H](C2CCC2)C[C@H]1c1ncc(-c2ccc(-c3ccc(-c4cnc([C@@H]5C[C@H](C6CC6)CN5C(=O)[C@@H](NC(=O)OC)C(C)C)[nH]4)cc3)cc2)[nH]1)C(C)C. The van der Waals surface area contributed by atoms with Gasteiger partial charge in [-0.05, 0) is 83.4 Å². The third kappa shape index (κ3) is 8.90. The molecule has 0 spiro atoms. The number of rotatable bonds is 13. The molecule has 61 heavy (non-hydrogen) atoms. The van der Waals surface area contributed by atoms with Gasteiger partial charge in [0.2, 0.25) is 11.8 Å². The van der Waals surface area contributed by atoms with Crippen LogP contribution in [0, 0.1) is 35.5 Å². The zero-order valence-electron chi connectivity index (χ0n) is 36.1. The lowest BCUT2D eigenvalue weighted by Gasteiger charge is -2.32. The number of hydrogen-bond acceptors (Lipinski definition) is 8. The van der Waals surface area contributed by atoms with Crippen molar-refractivity contribution in [2.24, 2.45) is 35.5 Å². The Kier molecular flexibility index (Phi) is 12.2. The van der Waals surface area contributed by atoms with E-state index >= 15 is 0 Å². The first-order chi connectivity index (χ1) is 29.4. The maximum atomic E-state index is 14.0. The van der Waals surface area contributed by atoms with Crippen molar-refractivity contribution < 1.29 is 28.7 Å². The van der Waals surface area contributed by atoms with E-state index in [1.165, 1.54) is 46.3 Å². The first kappa shape index (κ1) is 42.0. The van der Waals surface area contributed by atoms with Crippen LogP contribution in [0.5, 0.6) is 0 Å². The largest absolute Gasteiger partial charge is 0.453 e. The van der Waals surface area contributed by atoms with Crippen molar-refractivity contribution in [3.63, 3.8) is 0 Å². The Morgan fingerprint density at radius 3 is 1.30 bits per heavy atom. The summed E-state index contributed by atoms with van der Waals surface area (Å²) in [6, 6.07) is 14.9. The first-order valence-corrected chi connectivity index (χ1v) is 22.0. The zero-order chi connectivity index (χ0) is 42.9. The molecule has 2 saturated heterocycles. The fourth-order valence-corrected chi connectivity index (χ4v) is 9.65. The minimum absolute atomic E-state index is 0.103. The molecule has 324 valence electrons. The number of H-pyrrole nitrogens is 2. The lowest BCUT2D eigenvalue weighted by atomic mass is 9.75. The molecule has 0 unspecified atom stereocenters. The summed E-state index contributed by atoms with van der Waals surface area (Å²) in [4.78, 5) is 72.8. The van der Waals surface area contributed by atoms with E-state index in [1.54, 1.807) is 0 Å². The number of benzene rings is 2. The Balaban J connectivity index is 0.950. The van der Waals surface area contributed by atoms with Gasteiger partial charge in [0.25, 0.3) is 0 Å². The highest BCUT2D eigenvalue weighted by Crippen LogP contribution is 2.48. The summed E-state index contributed by atoms with van der Waals surface area (Å²) in [5, 5.41) is 5.53. The summed E-state index contributed by atoms with van der Waals surface area (Å²) in [6.45, 7) is 9.04. The quantitative estimate of drug-likeness (QED) is 0.105. The highest BCUT2D eigenvalue weighted by Gasteiger charge is 2.47. The van der Waals surface area contributed by atoms with E-state index in [2.05, 4.69) is 69.1 Å². The van der Waals surface area contributed by atoms with E-state index < -0.39 is 24.3 Å². The lowest BCUT2D eigenvalue weighted by Crippen LogP contribution is -2.51. The van der Waals surface area contributed by atoms with Crippen molar-refractivity contribution in [2.45, 2.75) is 96.8 Å². The number of ether oxygens (including phenoxy) is 2. The van der Waals surface area contributed by atoms with E-state index in [0.29, 0.717) is 36.8 Å². The molecule has 2 aliphatic carbocycles. The summed E-state index contributed by atoms with van der Waals surface area (Å²) in [5.41, 5.74) is 5.88. The van der Waals surface area contributed by atoms with Crippen molar-refractivity contribution in [1.82, 2.24) is 40.4 Å². The van der Waals surface area contributed by atoms with Gasteiger partial charge in [-0.3, -0.25) is 9.59 Å². The molecule has 4 N–H and O–H groups in total. The maximum absolute atomic E-state index is 14.0. The maximum Gasteiger partial charge on any atom is 0.407 e. The van der Waals surface area contributed by atoms with Gasteiger partial charge in [0.1, 0.15) is 23.7 Å². The molecule has 2 aliphatic heterocycles. The minimum atomic E-state index is -0.690. The molecule has 4 aromatic rings. The van der Waals surface area contributed by atoms with Crippen LogP contribution in [0.25, 0.3) is 33.6 Å². The monoisotopic (exact) mass is 832 g/mol. The second-order valence-electron chi connectivity index (χ2n) is 18.3. The smallest absolute Gasteiger partial charge is 0.407 e. The predicted octanol–water partition coefficient (Wildman–Crippen LogP) is 7.88. The molecule has 4 heterocycles. The van der Waals surface area contributed by atoms with Crippen molar-refractivity contribution in [3.05, 3.63) is 72.6 Å². The average molecular weight is 833 g/mol. The number of nitrogens with one attached hydrogen (secondary N) is 4. The van der Waals surface area contributed by atoms with Crippen molar-refractivity contribution >= 4 is 24.0 Å². The number of amides is 4. The molecule has 14 heteroatoms. The summed E-state index contributed by atoms with van der Waals surface area (Å²) in [5.74, 6) is 3.15. The van der Waals surface area contributed by atoms with Crippen molar-refractivity contribution in [2.75, 3.05) is 27.3 Å². The van der Waals surface area contributed by atoms with Crippen molar-refractivity contribution in [1.29, 1.82) is 0 Å². The van der Waals surface area contributed by atoms with Crippen LogP contribution in [-0.2, 0) is 19.1 Å². The number of carbonyl (C=O) groups excluding carboxylic acids is 4. The number of imidazole rings is 2. The van der Waals surface area contributed by atoms with Crippen LogP contribution in [0.15, 0.2) is 60.9 Å². The summed E-state index contributed by atoms with van der Waals surface area (Å²) < 4.78 is 9.68. The molecule has 4 amide bonds. The molecular formula is C47H60N8O6. The van der Waals surface area contributed by atoms with Crippen molar-refractivity contribution in [3.8, 4) is 33.6 Å². The molecular weight excluding hydrogens is 773 g/mol. The van der Waals surface area contributed by atoms with Gasteiger partial charge in [0.05, 0.1) is 50.1 Å². The summed E-state index contributed by atoms with van der Waals surface area (Å²) >= 11 is 0. The summed E-state index contributed by atoms with van der Waals surface area (Å²) in [7, 11) is 2.62. The lowest BCUT2D eigenvalue weighted by molar-refractivity contribution is -0.136. The molecule has 2 saturated carbocycles. The number of carbonyl (C=O) groups is 4. The predicted molar refractivity (Wildman–Crippen MR) is 231 cm³/mol. The molecule has 6 atom stereocenters.